The molecule has 1 aliphatic rings. The fourth-order valence-corrected chi connectivity index (χ4v) is 3.14. The first-order valence-electron chi connectivity index (χ1n) is 9.42. The van der Waals surface area contributed by atoms with Crippen LogP contribution in [-0.4, -0.2) is 40.6 Å². The zero-order chi connectivity index (χ0) is 23.6. The van der Waals surface area contributed by atoms with Crippen molar-refractivity contribution >= 4 is 29.4 Å². The van der Waals surface area contributed by atoms with Gasteiger partial charge in [-0.25, -0.2) is 14.1 Å². The summed E-state index contributed by atoms with van der Waals surface area (Å²) in [4.78, 5) is 50.8. The van der Waals surface area contributed by atoms with E-state index >= 15 is 0 Å². The van der Waals surface area contributed by atoms with E-state index in [1.54, 1.807) is 49.6 Å². The third kappa shape index (κ3) is 4.27. The van der Waals surface area contributed by atoms with Crippen LogP contribution in [0.1, 0.15) is 29.8 Å². The molecule has 0 unspecified atom stereocenters. The summed E-state index contributed by atoms with van der Waals surface area (Å²) in [6.07, 6.45) is -3.33. The van der Waals surface area contributed by atoms with Gasteiger partial charge >= 0.3 is 18.4 Å². The number of nitrogens with zero attached hydrogens (tertiary/aromatic N) is 2. The predicted octanol–water partition coefficient (Wildman–Crippen LogP) is 2.60. The Morgan fingerprint density at radius 1 is 1.03 bits per heavy atom. The summed E-state index contributed by atoms with van der Waals surface area (Å²) in [5.41, 5.74) is 2.18. The molecule has 0 atom stereocenters. The maximum atomic E-state index is 14.7. The molecule has 3 rings (SSSR count). The Morgan fingerprint density at radius 3 is 2.28 bits per heavy atom. The molecule has 0 saturated carbocycles. The van der Waals surface area contributed by atoms with Gasteiger partial charge in [-0.2, -0.15) is 8.78 Å². The normalized spacial score (nSPS) is 15.3. The van der Waals surface area contributed by atoms with Gasteiger partial charge in [0.1, 0.15) is 11.4 Å². The number of benzene rings is 2. The fraction of sp³-hybridized carbons (Fsp3) is 0.238. The highest BCUT2D eigenvalue weighted by Crippen LogP contribution is 2.33. The number of hydrogen-bond acceptors (Lipinski definition) is 4. The van der Waals surface area contributed by atoms with E-state index in [9.17, 15) is 32.3 Å². The smallest absolute Gasteiger partial charge is 0.305 e. The van der Waals surface area contributed by atoms with Crippen LogP contribution in [-0.2, 0) is 16.1 Å². The monoisotopic (exact) mass is 448 g/mol. The topological polar surface area (TPSA) is 98.8 Å². The van der Waals surface area contributed by atoms with Crippen LogP contribution in [0.2, 0.25) is 0 Å². The van der Waals surface area contributed by atoms with Gasteiger partial charge in [0.25, 0.3) is 11.8 Å². The maximum absolute atomic E-state index is 14.7. The number of rotatable bonds is 5. The lowest BCUT2D eigenvalue weighted by molar-refractivity contribution is -0.132. The number of alkyl halides is 2. The molecule has 0 bridgehead atoms. The number of imide groups is 1. The SMILES string of the molecule is CC1(C)C(=O)N(c2ccccc2)C(=O)N1Cc1ccc(C(=O)NNC(=O)C(F)F)cc1F. The summed E-state index contributed by atoms with van der Waals surface area (Å²) in [5, 5.41) is 0. The average Bonchev–Trinajstić information content (AvgIpc) is 2.92. The van der Waals surface area contributed by atoms with E-state index in [0.717, 1.165) is 11.0 Å². The fourth-order valence-electron chi connectivity index (χ4n) is 3.14. The molecular weight excluding hydrogens is 429 g/mol. The summed E-state index contributed by atoms with van der Waals surface area (Å²) in [6, 6.07) is 11.0. The van der Waals surface area contributed by atoms with Crippen LogP contribution in [0.3, 0.4) is 0 Å². The second-order valence-corrected chi connectivity index (χ2v) is 7.45. The van der Waals surface area contributed by atoms with Gasteiger partial charge in [-0.3, -0.25) is 25.2 Å². The molecule has 5 amide bonds. The number of halogens is 3. The van der Waals surface area contributed by atoms with Crippen LogP contribution in [0.15, 0.2) is 48.5 Å². The minimum Gasteiger partial charge on any atom is -0.305 e. The Balaban J connectivity index is 1.78. The maximum Gasteiger partial charge on any atom is 0.332 e. The Kier molecular flexibility index (Phi) is 6.19. The zero-order valence-electron chi connectivity index (χ0n) is 17.1. The molecule has 1 fully saturated rings. The van der Waals surface area contributed by atoms with Gasteiger partial charge in [-0.05, 0) is 38.1 Å². The largest absolute Gasteiger partial charge is 0.332 e. The van der Waals surface area contributed by atoms with E-state index in [0.29, 0.717) is 5.69 Å². The molecule has 2 aromatic rings. The van der Waals surface area contributed by atoms with Gasteiger partial charge in [0, 0.05) is 11.1 Å². The molecule has 1 saturated heterocycles. The number of hydrogen-bond donors (Lipinski definition) is 2. The number of carbonyl (C=O) groups excluding carboxylic acids is 4. The number of amides is 5. The lowest BCUT2D eigenvalue weighted by Gasteiger charge is -2.28. The standard InChI is InChI=1S/C21H19F3N4O4/c1-21(2)19(31)28(14-6-4-3-5-7-14)20(32)27(21)11-13-9-8-12(10-15(13)22)17(29)25-26-18(30)16(23)24/h3-10,16H,11H2,1-2H3,(H,25,29)(H,26,30). The molecule has 0 spiro atoms. The predicted molar refractivity (Wildman–Crippen MR) is 107 cm³/mol. The number of nitrogens with one attached hydrogen (secondary N) is 2. The van der Waals surface area contributed by atoms with Gasteiger partial charge in [0.05, 0.1) is 12.2 Å². The van der Waals surface area contributed by atoms with Crippen molar-refractivity contribution in [3.8, 4) is 0 Å². The summed E-state index contributed by atoms with van der Waals surface area (Å²) in [7, 11) is 0. The lowest BCUT2D eigenvalue weighted by Crippen LogP contribution is -2.44. The first kappa shape index (κ1) is 22.8. The van der Waals surface area contributed by atoms with Crippen molar-refractivity contribution in [3.05, 3.63) is 65.5 Å². The summed E-state index contributed by atoms with van der Waals surface area (Å²) in [5.74, 6) is -4.04. The molecule has 0 aromatic heterocycles. The zero-order valence-corrected chi connectivity index (χ0v) is 17.1. The molecule has 1 heterocycles. The number of urea groups is 1. The van der Waals surface area contributed by atoms with E-state index in [2.05, 4.69) is 0 Å². The third-order valence-corrected chi connectivity index (χ3v) is 4.98. The van der Waals surface area contributed by atoms with Gasteiger partial charge in [0.15, 0.2) is 0 Å². The molecule has 2 N–H and O–H groups in total. The van der Waals surface area contributed by atoms with Crippen molar-refractivity contribution in [3.63, 3.8) is 0 Å². The number of para-hydroxylation sites is 1. The molecule has 32 heavy (non-hydrogen) atoms. The third-order valence-electron chi connectivity index (χ3n) is 4.98. The molecular formula is C21H19F3N4O4. The van der Waals surface area contributed by atoms with Crippen LogP contribution in [0.4, 0.5) is 23.7 Å². The highest BCUT2D eigenvalue weighted by molar-refractivity contribution is 6.22. The minimum atomic E-state index is -3.33. The minimum absolute atomic E-state index is 0.0299. The first-order valence-corrected chi connectivity index (χ1v) is 9.42. The van der Waals surface area contributed by atoms with Crippen LogP contribution >= 0.6 is 0 Å². The van der Waals surface area contributed by atoms with E-state index in [1.807, 2.05) is 0 Å². The van der Waals surface area contributed by atoms with Gasteiger partial charge in [-0.15, -0.1) is 0 Å². The van der Waals surface area contributed by atoms with Crippen LogP contribution in [0.5, 0.6) is 0 Å². The number of hydrazine groups is 1. The first-order chi connectivity index (χ1) is 15.0. The van der Waals surface area contributed by atoms with Gasteiger partial charge in [0.2, 0.25) is 0 Å². The van der Waals surface area contributed by atoms with Crippen molar-refractivity contribution in [2.24, 2.45) is 0 Å². The second-order valence-electron chi connectivity index (χ2n) is 7.45. The Labute approximate surface area is 180 Å². The van der Waals surface area contributed by atoms with E-state index in [4.69, 9.17) is 0 Å². The molecule has 0 radical (unpaired) electrons. The molecule has 8 nitrogen and oxygen atoms in total. The summed E-state index contributed by atoms with van der Waals surface area (Å²) >= 11 is 0. The van der Waals surface area contributed by atoms with Crippen LogP contribution in [0, 0.1) is 5.82 Å². The highest BCUT2D eigenvalue weighted by Gasteiger charge is 2.51. The molecule has 1 aliphatic heterocycles. The Bertz CT molecular complexity index is 1080. The molecule has 2 aromatic carbocycles. The van der Waals surface area contributed by atoms with Crippen molar-refractivity contribution in [2.45, 2.75) is 32.4 Å². The molecule has 0 aliphatic carbocycles. The Morgan fingerprint density at radius 2 is 1.69 bits per heavy atom. The molecule has 168 valence electrons. The van der Waals surface area contributed by atoms with Gasteiger partial charge < -0.3 is 4.90 Å². The second kappa shape index (κ2) is 8.69. The van der Waals surface area contributed by atoms with Gasteiger partial charge in [-0.1, -0.05) is 24.3 Å². The quantitative estimate of drug-likeness (QED) is 0.543. The van der Waals surface area contributed by atoms with Crippen LogP contribution in [0.25, 0.3) is 0 Å². The molecule has 11 heteroatoms. The van der Waals surface area contributed by atoms with E-state index in [1.165, 1.54) is 22.5 Å². The van der Waals surface area contributed by atoms with Crippen molar-refractivity contribution in [1.29, 1.82) is 0 Å². The van der Waals surface area contributed by atoms with Crippen molar-refractivity contribution in [2.75, 3.05) is 4.90 Å². The van der Waals surface area contributed by atoms with Crippen molar-refractivity contribution in [1.82, 2.24) is 15.8 Å². The van der Waals surface area contributed by atoms with E-state index in [-0.39, 0.29) is 17.7 Å². The van der Waals surface area contributed by atoms with Crippen LogP contribution < -0.4 is 15.8 Å². The number of anilines is 1. The Hall–Kier alpha value is -3.89. The summed E-state index contributed by atoms with van der Waals surface area (Å²) in [6.45, 7) is 2.83. The summed E-state index contributed by atoms with van der Waals surface area (Å²) < 4.78 is 39.0. The van der Waals surface area contributed by atoms with E-state index < -0.39 is 41.5 Å². The van der Waals surface area contributed by atoms with Crippen molar-refractivity contribution < 1.29 is 32.3 Å². The number of carbonyl (C=O) groups is 4. The highest BCUT2D eigenvalue weighted by atomic mass is 19.3. The lowest BCUT2D eigenvalue weighted by atomic mass is 10.0. The average molecular weight is 448 g/mol.